The van der Waals surface area contributed by atoms with E-state index in [0.29, 0.717) is 23.1 Å². The number of ether oxygens (including phenoxy) is 3. The number of carbonyl (C=O) groups excluding carboxylic acids is 3. The second kappa shape index (κ2) is 10.5. The molecule has 1 saturated carbocycles. The Labute approximate surface area is 245 Å². The minimum atomic E-state index is -1.21. The molecule has 0 radical (unpaired) electrons. The lowest BCUT2D eigenvalue weighted by atomic mass is 9.74. The van der Waals surface area contributed by atoms with E-state index in [0.717, 1.165) is 31.2 Å². The third-order valence-electron chi connectivity index (χ3n) is 9.51. The van der Waals surface area contributed by atoms with Crippen molar-refractivity contribution in [3.8, 4) is 11.5 Å². The third-order valence-corrected chi connectivity index (χ3v) is 9.51. The van der Waals surface area contributed by atoms with Crippen molar-refractivity contribution in [3.63, 3.8) is 0 Å². The smallest absolute Gasteiger partial charge is 0.246 e. The van der Waals surface area contributed by atoms with Crippen molar-refractivity contribution in [1.29, 1.82) is 0 Å². The van der Waals surface area contributed by atoms with Crippen molar-refractivity contribution in [1.82, 2.24) is 10.2 Å². The van der Waals surface area contributed by atoms with Crippen LogP contribution in [0, 0.1) is 11.8 Å². The molecule has 9 nitrogen and oxygen atoms in total. The van der Waals surface area contributed by atoms with Gasteiger partial charge in [-0.05, 0) is 54.2 Å². The van der Waals surface area contributed by atoms with Gasteiger partial charge in [-0.1, -0.05) is 63.5 Å². The highest BCUT2D eigenvalue weighted by molar-refractivity contribution is 6.02. The lowest BCUT2D eigenvalue weighted by Crippen LogP contribution is -2.56. The van der Waals surface area contributed by atoms with Gasteiger partial charge >= 0.3 is 0 Å². The first kappa shape index (κ1) is 27.0. The Kier molecular flexibility index (Phi) is 6.72. The molecule has 2 aromatic carbocycles. The Morgan fingerprint density at radius 3 is 2.52 bits per heavy atom. The van der Waals surface area contributed by atoms with E-state index in [1.807, 2.05) is 54.6 Å². The van der Waals surface area contributed by atoms with Gasteiger partial charge in [0.05, 0.1) is 17.9 Å². The second-order valence-electron chi connectivity index (χ2n) is 12.5. The van der Waals surface area contributed by atoms with Crippen LogP contribution < -0.4 is 20.1 Å². The second-order valence-corrected chi connectivity index (χ2v) is 12.5. The van der Waals surface area contributed by atoms with Gasteiger partial charge < -0.3 is 29.7 Å². The molecular weight excluding hydrogens is 534 g/mol. The number of rotatable bonds is 7. The van der Waals surface area contributed by atoms with Crippen LogP contribution in [-0.4, -0.2) is 53.2 Å². The van der Waals surface area contributed by atoms with Crippen molar-refractivity contribution in [2.45, 2.75) is 82.2 Å². The summed E-state index contributed by atoms with van der Waals surface area (Å²) in [5, 5.41) is 6.25. The van der Waals surface area contributed by atoms with E-state index in [-0.39, 0.29) is 37.1 Å². The number of nitrogens with one attached hydrogen (secondary N) is 2. The van der Waals surface area contributed by atoms with Crippen LogP contribution >= 0.6 is 0 Å². The SMILES string of the molecule is CC(C)c1ccc(NC(=O)[C@@H]2[C@H]3C=C[C@]4(O3)[C@H](C(=O)NC3CCCCC3)N(Cc3ccc5c(c3)OCO5)C(=O)[C@@H]24)cc1. The lowest BCUT2D eigenvalue weighted by Gasteiger charge is -2.34. The summed E-state index contributed by atoms with van der Waals surface area (Å²) in [5.41, 5.74) is 1.44. The highest BCUT2D eigenvalue weighted by atomic mass is 16.7. The molecular formula is C33H37N3O6. The Hall–Kier alpha value is -3.85. The van der Waals surface area contributed by atoms with Crippen LogP contribution in [0.4, 0.5) is 5.69 Å². The number of hydrogen-bond donors (Lipinski definition) is 2. The predicted molar refractivity (Wildman–Crippen MR) is 155 cm³/mol. The number of benzene rings is 2. The molecule has 42 heavy (non-hydrogen) atoms. The lowest BCUT2D eigenvalue weighted by molar-refractivity contribution is -0.142. The fourth-order valence-corrected chi connectivity index (χ4v) is 7.38. The highest BCUT2D eigenvalue weighted by Crippen LogP contribution is 2.55. The number of carbonyl (C=O) groups is 3. The minimum absolute atomic E-state index is 0.0692. The summed E-state index contributed by atoms with van der Waals surface area (Å²) < 4.78 is 17.5. The molecule has 5 atom stereocenters. The summed E-state index contributed by atoms with van der Waals surface area (Å²) in [4.78, 5) is 43.7. The van der Waals surface area contributed by atoms with Crippen LogP contribution in [-0.2, 0) is 25.7 Å². The van der Waals surface area contributed by atoms with Crippen LogP contribution in [0.25, 0.3) is 0 Å². The maximum Gasteiger partial charge on any atom is 0.246 e. The maximum atomic E-state index is 14.3. The first-order chi connectivity index (χ1) is 20.3. The molecule has 4 heterocycles. The van der Waals surface area contributed by atoms with Gasteiger partial charge in [-0.2, -0.15) is 0 Å². The zero-order chi connectivity index (χ0) is 29.0. The van der Waals surface area contributed by atoms with E-state index in [1.165, 1.54) is 12.0 Å². The van der Waals surface area contributed by atoms with Crippen molar-refractivity contribution in [3.05, 3.63) is 65.7 Å². The number of nitrogens with zero attached hydrogens (tertiary/aromatic N) is 1. The van der Waals surface area contributed by atoms with Gasteiger partial charge in [0.1, 0.15) is 11.6 Å². The number of hydrogen-bond acceptors (Lipinski definition) is 6. The molecule has 1 spiro atoms. The Morgan fingerprint density at radius 2 is 1.76 bits per heavy atom. The van der Waals surface area contributed by atoms with Crippen LogP contribution in [0.2, 0.25) is 0 Å². The van der Waals surface area contributed by atoms with Crippen LogP contribution in [0.1, 0.15) is 63.0 Å². The van der Waals surface area contributed by atoms with Crippen molar-refractivity contribution < 1.29 is 28.6 Å². The molecule has 2 N–H and O–H groups in total. The van der Waals surface area contributed by atoms with E-state index in [4.69, 9.17) is 14.2 Å². The van der Waals surface area contributed by atoms with Gasteiger partial charge in [-0.3, -0.25) is 14.4 Å². The normalized spacial score (nSPS) is 29.3. The van der Waals surface area contributed by atoms with Crippen LogP contribution in [0.3, 0.4) is 0 Å². The predicted octanol–water partition coefficient (Wildman–Crippen LogP) is 4.28. The zero-order valence-electron chi connectivity index (χ0n) is 24.0. The molecule has 4 aliphatic heterocycles. The van der Waals surface area contributed by atoms with E-state index >= 15 is 0 Å². The summed E-state index contributed by atoms with van der Waals surface area (Å²) in [6.07, 6.45) is 8.28. The third kappa shape index (κ3) is 4.45. The van der Waals surface area contributed by atoms with Crippen molar-refractivity contribution >= 4 is 23.4 Å². The Balaban J connectivity index is 1.19. The fraction of sp³-hybridized carbons (Fsp3) is 0.485. The maximum absolute atomic E-state index is 14.3. The Bertz CT molecular complexity index is 1430. The monoisotopic (exact) mass is 571 g/mol. The fourth-order valence-electron chi connectivity index (χ4n) is 7.38. The van der Waals surface area contributed by atoms with Gasteiger partial charge in [0.25, 0.3) is 0 Å². The minimum Gasteiger partial charge on any atom is -0.454 e. The molecule has 3 fully saturated rings. The first-order valence-electron chi connectivity index (χ1n) is 15.1. The van der Waals surface area contributed by atoms with Gasteiger partial charge in [0.15, 0.2) is 11.5 Å². The van der Waals surface area contributed by atoms with Crippen LogP contribution in [0.15, 0.2) is 54.6 Å². The van der Waals surface area contributed by atoms with Gasteiger partial charge in [0.2, 0.25) is 24.5 Å². The quantitative estimate of drug-likeness (QED) is 0.481. The van der Waals surface area contributed by atoms with E-state index in [2.05, 4.69) is 24.5 Å². The summed E-state index contributed by atoms with van der Waals surface area (Å²) in [6, 6.07) is 12.5. The average Bonchev–Trinajstić information content (AvgIpc) is 3.75. The Morgan fingerprint density at radius 1 is 1.00 bits per heavy atom. The van der Waals surface area contributed by atoms with E-state index in [9.17, 15) is 14.4 Å². The average molecular weight is 572 g/mol. The summed E-state index contributed by atoms with van der Waals surface area (Å²) in [6.45, 7) is 4.57. The first-order valence-corrected chi connectivity index (χ1v) is 15.1. The topological polar surface area (TPSA) is 106 Å². The summed E-state index contributed by atoms with van der Waals surface area (Å²) in [7, 11) is 0. The highest BCUT2D eigenvalue weighted by Gasteiger charge is 2.72. The molecule has 7 rings (SSSR count). The van der Waals surface area contributed by atoms with E-state index < -0.39 is 29.6 Å². The molecule has 1 aliphatic carbocycles. The van der Waals surface area contributed by atoms with E-state index in [1.54, 1.807) is 4.90 Å². The largest absolute Gasteiger partial charge is 0.454 e. The number of fused-ring (bicyclic) bond motifs is 2. The molecule has 3 amide bonds. The standard InChI is InChI=1S/C33H37N3O6/c1-19(2)21-9-11-23(12-10-21)34-30(37)27-25-14-15-33(42-25)28(27)32(39)36(17-20-8-13-24-26(16-20)41-18-40-24)29(33)31(38)35-22-6-4-3-5-7-22/h8-16,19,22,25,27-29H,3-7,17-18H2,1-2H3,(H,34,37)(H,35,38)/t25-,27-,28-,29+,33-/m1/s1. The number of anilines is 1. The zero-order valence-corrected chi connectivity index (χ0v) is 24.0. The molecule has 0 aromatic heterocycles. The number of amides is 3. The number of likely N-dealkylation sites (tertiary alicyclic amines) is 1. The molecule has 2 bridgehead atoms. The van der Waals surface area contributed by atoms with Gasteiger partial charge in [0, 0.05) is 18.3 Å². The van der Waals surface area contributed by atoms with Crippen molar-refractivity contribution in [2.24, 2.45) is 11.8 Å². The summed E-state index contributed by atoms with van der Waals surface area (Å²) >= 11 is 0. The molecule has 220 valence electrons. The van der Waals surface area contributed by atoms with Crippen molar-refractivity contribution in [2.75, 3.05) is 12.1 Å². The molecule has 9 heteroatoms. The summed E-state index contributed by atoms with van der Waals surface area (Å²) in [5.74, 6) is -0.680. The van der Waals surface area contributed by atoms with Crippen LogP contribution in [0.5, 0.6) is 11.5 Å². The molecule has 0 unspecified atom stereocenters. The van der Waals surface area contributed by atoms with Gasteiger partial charge in [-0.25, -0.2) is 0 Å². The molecule has 2 saturated heterocycles. The molecule has 2 aromatic rings. The van der Waals surface area contributed by atoms with Gasteiger partial charge in [-0.15, -0.1) is 0 Å². The molecule has 5 aliphatic rings.